The van der Waals surface area contributed by atoms with Crippen molar-refractivity contribution in [1.29, 1.82) is 0 Å². The molecule has 2 aromatic rings. The van der Waals surface area contributed by atoms with Crippen molar-refractivity contribution in [2.75, 3.05) is 0 Å². The molecule has 2 heterocycles. The van der Waals surface area contributed by atoms with Gasteiger partial charge in [0.2, 0.25) is 0 Å². The van der Waals surface area contributed by atoms with Crippen molar-refractivity contribution < 1.29 is 9.21 Å². The number of carbonyl (C=O) groups excluding carboxylic acids is 1. The van der Waals surface area contributed by atoms with Gasteiger partial charge in [-0.25, -0.2) is 0 Å². The van der Waals surface area contributed by atoms with E-state index in [2.05, 4.69) is 10.3 Å². The minimum Gasteiger partial charge on any atom is -0.467 e. The highest BCUT2D eigenvalue weighted by Crippen LogP contribution is 2.02. The van der Waals surface area contributed by atoms with Crippen LogP contribution >= 0.6 is 0 Å². The zero-order valence-electron chi connectivity index (χ0n) is 8.93. The summed E-state index contributed by atoms with van der Waals surface area (Å²) < 4.78 is 5.12. The summed E-state index contributed by atoms with van der Waals surface area (Å²) in [6.07, 6.45) is 3.20. The van der Waals surface area contributed by atoms with Gasteiger partial charge < -0.3 is 9.73 Å². The summed E-state index contributed by atoms with van der Waals surface area (Å²) in [5.74, 6) is 0.612. The summed E-state index contributed by atoms with van der Waals surface area (Å²) in [4.78, 5) is 15.7. The second-order valence-corrected chi connectivity index (χ2v) is 3.45. The van der Waals surface area contributed by atoms with Crippen LogP contribution in [-0.4, -0.2) is 10.9 Å². The van der Waals surface area contributed by atoms with E-state index in [-0.39, 0.29) is 5.91 Å². The van der Waals surface area contributed by atoms with Crippen LogP contribution in [0.2, 0.25) is 0 Å². The van der Waals surface area contributed by atoms with Crippen LogP contribution in [0, 0.1) is 6.92 Å². The molecule has 0 aliphatic heterocycles. The number of aromatic nitrogens is 1. The third-order valence-electron chi connectivity index (χ3n) is 2.16. The van der Waals surface area contributed by atoms with Crippen molar-refractivity contribution in [2.24, 2.45) is 0 Å². The Balaban J connectivity index is 1.98. The first-order valence-corrected chi connectivity index (χ1v) is 4.99. The molecule has 2 aromatic heterocycles. The van der Waals surface area contributed by atoms with E-state index < -0.39 is 0 Å². The Kier molecular flexibility index (Phi) is 3.00. The van der Waals surface area contributed by atoms with Gasteiger partial charge in [0, 0.05) is 17.5 Å². The molecule has 2 rings (SSSR count). The average molecular weight is 216 g/mol. The predicted octanol–water partition coefficient (Wildman–Crippen LogP) is 1.91. The van der Waals surface area contributed by atoms with Crippen LogP contribution in [0.5, 0.6) is 0 Å². The SMILES string of the molecule is Cc1cc(C(=O)NCc2ccco2)ccn1. The van der Waals surface area contributed by atoms with Gasteiger partial charge in [0.15, 0.2) is 0 Å². The Morgan fingerprint density at radius 1 is 1.50 bits per heavy atom. The summed E-state index contributed by atoms with van der Waals surface area (Å²) in [6.45, 7) is 2.25. The lowest BCUT2D eigenvalue weighted by atomic mass is 10.2. The first-order valence-electron chi connectivity index (χ1n) is 4.99. The normalized spacial score (nSPS) is 10.1. The van der Waals surface area contributed by atoms with E-state index in [9.17, 15) is 4.79 Å². The Morgan fingerprint density at radius 2 is 2.38 bits per heavy atom. The van der Waals surface area contributed by atoms with Crippen molar-refractivity contribution in [1.82, 2.24) is 10.3 Å². The van der Waals surface area contributed by atoms with Crippen molar-refractivity contribution >= 4 is 5.91 Å². The number of pyridine rings is 1. The van der Waals surface area contributed by atoms with E-state index >= 15 is 0 Å². The van der Waals surface area contributed by atoms with Gasteiger partial charge in [0.05, 0.1) is 12.8 Å². The molecule has 0 aliphatic carbocycles. The number of aryl methyl sites for hydroxylation is 1. The molecule has 0 atom stereocenters. The molecule has 4 nitrogen and oxygen atoms in total. The largest absolute Gasteiger partial charge is 0.467 e. The summed E-state index contributed by atoms with van der Waals surface area (Å²) >= 11 is 0. The average Bonchev–Trinajstić information content (AvgIpc) is 2.78. The van der Waals surface area contributed by atoms with Crippen LogP contribution in [0.3, 0.4) is 0 Å². The number of furan rings is 1. The number of hydrogen-bond acceptors (Lipinski definition) is 3. The van der Waals surface area contributed by atoms with Gasteiger partial charge in [-0.05, 0) is 31.2 Å². The number of rotatable bonds is 3. The van der Waals surface area contributed by atoms with Gasteiger partial charge >= 0.3 is 0 Å². The van der Waals surface area contributed by atoms with E-state index in [0.717, 1.165) is 11.5 Å². The first kappa shape index (κ1) is 10.4. The zero-order chi connectivity index (χ0) is 11.4. The van der Waals surface area contributed by atoms with Crippen molar-refractivity contribution in [3.05, 3.63) is 53.7 Å². The fraction of sp³-hybridized carbons (Fsp3) is 0.167. The van der Waals surface area contributed by atoms with Gasteiger partial charge in [-0.15, -0.1) is 0 Å². The fourth-order valence-corrected chi connectivity index (χ4v) is 1.37. The van der Waals surface area contributed by atoms with Crippen LogP contribution < -0.4 is 5.32 Å². The molecule has 0 bridgehead atoms. The molecular formula is C12H12N2O2. The van der Waals surface area contributed by atoms with E-state index in [0.29, 0.717) is 12.1 Å². The summed E-state index contributed by atoms with van der Waals surface area (Å²) in [5.41, 5.74) is 1.43. The number of amides is 1. The molecule has 1 amide bonds. The molecule has 0 unspecified atom stereocenters. The molecule has 0 saturated heterocycles. The third kappa shape index (κ3) is 2.48. The van der Waals surface area contributed by atoms with Gasteiger partial charge in [-0.3, -0.25) is 9.78 Å². The number of nitrogens with zero attached hydrogens (tertiary/aromatic N) is 1. The van der Waals surface area contributed by atoms with E-state index in [4.69, 9.17) is 4.42 Å². The second kappa shape index (κ2) is 4.61. The lowest BCUT2D eigenvalue weighted by Gasteiger charge is -2.03. The zero-order valence-corrected chi connectivity index (χ0v) is 8.93. The highest BCUT2D eigenvalue weighted by molar-refractivity contribution is 5.94. The molecular weight excluding hydrogens is 204 g/mol. The van der Waals surface area contributed by atoms with Gasteiger partial charge in [-0.2, -0.15) is 0 Å². The van der Waals surface area contributed by atoms with Crippen molar-refractivity contribution in [2.45, 2.75) is 13.5 Å². The summed E-state index contributed by atoms with van der Waals surface area (Å²) in [6, 6.07) is 7.04. The smallest absolute Gasteiger partial charge is 0.251 e. The lowest BCUT2D eigenvalue weighted by Crippen LogP contribution is -2.22. The van der Waals surface area contributed by atoms with Gasteiger partial charge in [-0.1, -0.05) is 0 Å². The number of nitrogens with one attached hydrogen (secondary N) is 1. The van der Waals surface area contributed by atoms with Crippen LogP contribution in [0.1, 0.15) is 21.8 Å². The first-order chi connectivity index (χ1) is 7.75. The minimum absolute atomic E-state index is 0.123. The Morgan fingerprint density at radius 3 is 3.06 bits per heavy atom. The van der Waals surface area contributed by atoms with Crippen LogP contribution in [0.25, 0.3) is 0 Å². The molecule has 0 fully saturated rings. The lowest BCUT2D eigenvalue weighted by molar-refractivity contribution is 0.0948. The van der Waals surface area contributed by atoms with Crippen molar-refractivity contribution in [3.8, 4) is 0 Å². The molecule has 0 radical (unpaired) electrons. The Labute approximate surface area is 93.3 Å². The van der Waals surface area contributed by atoms with Gasteiger partial charge in [0.1, 0.15) is 5.76 Å². The molecule has 0 spiro atoms. The maximum absolute atomic E-state index is 11.7. The molecule has 0 aromatic carbocycles. The highest BCUT2D eigenvalue weighted by atomic mass is 16.3. The Bertz CT molecular complexity index is 478. The quantitative estimate of drug-likeness (QED) is 0.852. The van der Waals surface area contributed by atoms with E-state index in [1.807, 2.05) is 13.0 Å². The predicted molar refractivity (Wildman–Crippen MR) is 58.9 cm³/mol. The molecule has 4 heteroatoms. The minimum atomic E-state index is -0.123. The summed E-state index contributed by atoms with van der Waals surface area (Å²) in [5, 5.41) is 2.77. The molecule has 16 heavy (non-hydrogen) atoms. The molecule has 1 N–H and O–H groups in total. The summed E-state index contributed by atoms with van der Waals surface area (Å²) in [7, 11) is 0. The topological polar surface area (TPSA) is 55.1 Å². The second-order valence-electron chi connectivity index (χ2n) is 3.45. The highest BCUT2D eigenvalue weighted by Gasteiger charge is 2.05. The molecule has 0 saturated carbocycles. The fourth-order valence-electron chi connectivity index (χ4n) is 1.37. The molecule has 0 aliphatic rings. The maximum atomic E-state index is 11.7. The Hall–Kier alpha value is -2.10. The van der Waals surface area contributed by atoms with E-state index in [1.165, 1.54) is 0 Å². The standard InChI is InChI=1S/C12H12N2O2/c1-9-7-10(4-5-13-9)12(15)14-8-11-3-2-6-16-11/h2-7H,8H2,1H3,(H,14,15). The maximum Gasteiger partial charge on any atom is 0.251 e. The molecule has 82 valence electrons. The number of hydrogen-bond donors (Lipinski definition) is 1. The third-order valence-corrected chi connectivity index (χ3v) is 2.16. The van der Waals surface area contributed by atoms with Crippen LogP contribution in [0.15, 0.2) is 41.1 Å². The number of carbonyl (C=O) groups is 1. The van der Waals surface area contributed by atoms with Crippen LogP contribution in [0.4, 0.5) is 0 Å². The van der Waals surface area contributed by atoms with Crippen molar-refractivity contribution in [3.63, 3.8) is 0 Å². The monoisotopic (exact) mass is 216 g/mol. The van der Waals surface area contributed by atoms with E-state index in [1.54, 1.807) is 30.7 Å². The van der Waals surface area contributed by atoms with Gasteiger partial charge in [0.25, 0.3) is 5.91 Å². The van der Waals surface area contributed by atoms with Crippen LogP contribution in [-0.2, 0) is 6.54 Å².